The van der Waals surface area contributed by atoms with Gasteiger partial charge in [0.1, 0.15) is 0 Å². The first-order valence-electron chi connectivity index (χ1n) is 6.48. The van der Waals surface area contributed by atoms with Gasteiger partial charge in [0, 0.05) is 19.0 Å². The summed E-state index contributed by atoms with van der Waals surface area (Å²) in [6, 6.07) is 13.1. The summed E-state index contributed by atoms with van der Waals surface area (Å²) >= 11 is 10.2. The average Bonchev–Trinajstić information content (AvgIpc) is 2.88. The van der Waals surface area contributed by atoms with Crippen molar-refractivity contribution in [2.24, 2.45) is 4.99 Å². The molecule has 0 bridgehead atoms. The van der Waals surface area contributed by atoms with Crippen LogP contribution in [0.15, 0.2) is 65.3 Å². The van der Waals surface area contributed by atoms with Gasteiger partial charge in [0.25, 0.3) is 0 Å². The summed E-state index contributed by atoms with van der Waals surface area (Å²) < 4.78 is 8.04. The van der Waals surface area contributed by atoms with Crippen molar-refractivity contribution >= 4 is 59.7 Å². The number of oxazole rings is 1. The van der Waals surface area contributed by atoms with E-state index in [1.54, 1.807) is 0 Å². The van der Waals surface area contributed by atoms with Crippen LogP contribution in [0.2, 0.25) is 0 Å². The van der Waals surface area contributed by atoms with Crippen molar-refractivity contribution in [1.82, 2.24) is 4.98 Å². The number of aromatic nitrogens is 1. The Kier molecular flexibility index (Phi) is 4.99. The summed E-state index contributed by atoms with van der Waals surface area (Å²) in [4.78, 5) is 8.58. The van der Waals surface area contributed by atoms with Gasteiger partial charge >= 0.3 is 5.95 Å². The molecule has 1 heterocycles. The minimum absolute atomic E-state index is 0.264. The van der Waals surface area contributed by atoms with Gasteiger partial charge in [-0.25, -0.2) is 4.98 Å². The fourth-order valence-electron chi connectivity index (χ4n) is 1.84. The quantitative estimate of drug-likeness (QED) is 0.443. The van der Waals surface area contributed by atoms with Gasteiger partial charge in [-0.3, -0.25) is 4.99 Å². The van der Waals surface area contributed by atoms with Crippen molar-refractivity contribution in [2.75, 3.05) is 0 Å². The molecule has 0 aliphatic rings. The third-order valence-electron chi connectivity index (χ3n) is 2.96. The highest BCUT2D eigenvalue weighted by molar-refractivity contribution is 9.11. The normalized spacial score (nSPS) is 11.3. The molecule has 116 valence electrons. The molecule has 0 aliphatic carbocycles. The Bertz CT molecular complexity index is 874. The van der Waals surface area contributed by atoms with Crippen molar-refractivity contribution in [3.05, 3.63) is 61.6 Å². The number of aliphatic imine (C=N–C) groups is 1. The van der Waals surface area contributed by atoms with Crippen LogP contribution in [0, 0.1) is 0 Å². The maximum atomic E-state index is 9.89. The molecule has 0 saturated heterocycles. The molecule has 0 fully saturated rings. The second-order valence-electron chi connectivity index (χ2n) is 4.57. The topological polar surface area (TPSA) is 58.6 Å². The predicted molar refractivity (Wildman–Crippen MR) is 100 cm³/mol. The second kappa shape index (κ2) is 6.98. The summed E-state index contributed by atoms with van der Waals surface area (Å²) in [5, 5.41) is 9.89. The highest BCUT2D eigenvalue weighted by Crippen LogP contribution is 2.30. The first-order valence-corrected chi connectivity index (χ1v) is 8.85. The molecular weight excluding hydrogens is 492 g/mol. The highest BCUT2D eigenvalue weighted by atomic mass is 79.9. The van der Waals surface area contributed by atoms with Crippen LogP contribution in [0.4, 0.5) is 5.69 Å². The SMILES string of the molecule is Oc1oc(-c2ccc(Br)cc2)nc1C=Nc1ccc(Br)cc1Br. The maximum Gasteiger partial charge on any atom is 0.312 e. The average molecular weight is 501 g/mol. The lowest BCUT2D eigenvalue weighted by molar-refractivity contribution is 0.337. The molecule has 4 nitrogen and oxygen atoms in total. The fraction of sp³-hybridized carbons (Fsp3) is 0. The zero-order chi connectivity index (χ0) is 16.4. The van der Waals surface area contributed by atoms with Gasteiger partial charge in [-0.15, -0.1) is 0 Å². The van der Waals surface area contributed by atoms with Crippen LogP contribution in [0.5, 0.6) is 5.95 Å². The molecule has 0 aliphatic heterocycles. The largest absolute Gasteiger partial charge is 0.479 e. The second-order valence-corrected chi connectivity index (χ2v) is 7.26. The lowest BCUT2D eigenvalue weighted by Gasteiger charge is -1.97. The van der Waals surface area contributed by atoms with E-state index in [0.29, 0.717) is 5.89 Å². The van der Waals surface area contributed by atoms with E-state index < -0.39 is 0 Å². The van der Waals surface area contributed by atoms with Gasteiger partial charge in [-0.2, -0.15) is 0 Å². The van der Waals surface area contributed by atoms with Crippen LogP contribution in [0.3, 0.4) is 0 Å². The minimum atomic E-state index is -0.264. The summed E-state index contributed by atoms with van der Waals surface area (Å²) in [6.45, 7) is 0. The molecule has 2 aromatic carbocycles. The molecule has 0 spiro atoms. The minimum Gasteiger partial charge on any atom is -0.479 e. The molecule has 1 N–H and O–H groups in total. The van der Waals surface area contributed by atoms with E-state index in [1.807, 2.05) is 42.5 Å². The Labute approximate surface area is 157 Å². The van der Waals surface area contributed by atoms with Gasteiger partial charge in [0.15, 0.2) is 5.69 Å². The Morgan fingerprint density at radius 3 is 2.39 bits per heavy atom. The first-order chi connectivity index (χ1) is 11.0. The monoisotopic (exact) mass is 498 g/mol. The summed E-state index contributed by atoms with van der Waals surface area (Å²) in [5.74, 6) is 0.0752. The van der Waals surface area contributed by atoms with Crippen LogP contribution < -0.4 is 0 Å². The van der Waals surface area contributed by atoms with Gasteiger partial charge in [-0.1, -0.05) is 31.9 Å². The van der Waals surface area contributed by atoms with Gasteiger partial charge in [0.05, 0.1) is 11.9 Å². The van der Waals surface area contributed by atoms with Crippen LogP contribution in [-0.2, 0) is 0 Å². The zero-order valence-electron chi connectivity index (χ0n) is 11.5. The maximum absolute atomic E-state index is 9.89. The predicted octanol–water partition coefficient (Wildman–Crippen LogP) is 6.09. The van der Waals surface area contributed by atoms with Crippen LogP contribution in [0.1, 0.15) is 5.69 Å². The number of benzene rings is 2. The third kappa shape index (κ3) is 3.91. The van der Waals surface area contributed by atoms with Crippen molar-refractivity contribution < 1.29 is 9.52 Å². The Morgan fingerprint density at radius 1 is 1.00 bits per heavy atom. The van der Waals surface area contributed by atoms with E-state index in [4.69, 9.17) is 4.42 Å². The molecule has 1 aromatic heterocycles. The molecule has 0 amide bonds. The Morgan fingerprint density at radius 2 is 1.70 bits per heavy atom. The standard InChI is InChI=1S/C16H9Br3N2O2/c17-10-3-1-9(2-4-10)15-21-14(16(22)23-15)8-20-13-6-5-11(18)7-12(13)19/h1-8,22H. The molecule has 0 radical (unpaired) electrons. The molecule has 7 heteroatoms. The van der Waals surface area contributed by atoms with E-state index in [0.717, 1.165) is 24.7 Å². The van der Waals surface area contributed by atoms with Gasteiger partial charge in [-0.05, 0) is 58.4 Å². The first kappa shape index (κ1) is 16.4. The lowest BCUT2D eigenvalue weighted by atomic mass is 10.2. The number of aromatic hydroxyl groups is 1. The van der Waals surface area contributed by atoms with Crippen molar-refractivity contribution in [2.45, 2.75) is 0 Å². The summed E-state index contributed by atoms with van der Waals surface area (Å²) in [5.41, 5.74) is 1.77. The number of hydrogen-bond acceptors (Lipinski definition) is 4. The molecule has 0 saturated carbocycles. The van der Waals surface area contributed by atoms with E-state index >= 15 is 0 Å². The molecule has 3 rings (SSSR count). The van der Waals surface area contributed by atoms with Gasteiger partial charge < -0.3 is 9.52 Å². The summed E-state index contributed by atoms with van der Waals surface area (Å²) in [6.07, 6.45) is 1.47. The molecule has 0 atom stereocenters. The third-order valence-corrected chi connectivity index (χ3v) is 4.62. The Hall–Kier alpha value is -1.44. The number of halogens is 3. The van der Waals surface area contributed by atoms with E-state index in [2.05, 4.69) is 57.8 Å². The molecular formula is C16H9Br3N2O2. The summed E-state index contributed by atoms with van der Waals surface area (Å²) in [7, 11) is 0. The molecule has 0 unspecified atom stereocenters. The number of hydrogen-bond donors (Lipinski definition) is 1. The fourth-order valence-corrected chi connectivity index (χ4v) is 3.25. The van der Waals surface area contributed by atoms with Crippen LogP contribution in [-0.4, -0.2) is 16.3 Å². The lowest BCUT2D eigenvalue weighted by Crippen LogP contribution is -1.83. The smallest absolute Gasteiger partial charge is 0.312 e. The molecule has 3 aromatic rings. The van der Waals surface area contributed by atoms with E-state index in [9.17, 15) is 5.11 Å². The zero-order valence-corrected chi connectivity index (χ0v) is 16.3. The van der Waals surface area contributed by atoms with Crippen LogP contribution in [0.25, 0.3) is 11.5 Å². The van der Waals surface area contributed by atoms with Crippen molar-refractivity contribution in [1.29, 1.82) is 0 Å². The van der Waals surface area contributed by atoms with E-state index in [-0.39, 0.29) is 11.6 Å². The van der Waals surface area contributed by atoms with Crippen LogP contribution >= 0.6 is 47.8 Å². The van der Waals surface area contributed by atoms with Gasteiger partial charge in [0.2, 0.25) is 5.89 Å². The van der Waals surface area contributed by atoms with Crippen molar-refractivity contribution in [3.63, 3.8) is 0 Å². The molecule has 23 heavy (non-hydrogen) atoms. The van der Waals surface area contributed by atoms with Crippen molar-refractivity contribution in [3.8, 4) is 17.4 Å². The number of rotatable bonds is 3. The highest BCUT2D eigenvalue weighted by Gasteiger charge is 2.12. The van der Waals surface area contributed by atoms with E-state index in [1.165, 1.54) is 6.21 Å². The Balaban J connectivity index is 1.89. The number of nitrogens with zero attached hydrogens (tertiary/aromatic N) is 2.